The molecule has 1 amide bonds. The molecule has 2 rings (SSSR count). The van der Waals surface area contributed by atoms with Crippen molar-refractivity contribution in [2.75, 3.05) is 25.5 Å². The van der Waals surface area contributed by atoms with Crippen LogP contribution >= 0.6 is 15.9 Å². The molecule has 1 atom stereocenters. The summed E-state index contributed by atoms with van der Waals surface area (Å²) >= 11 is 3.40. The Labute approximate surface area is 122 Å². The Balaban J connectivity index is 2.10. The number of piperidine rings is 1. The van der Waals surface area contributed by atoms with Crippen LogP contribution < -0.4 is 15.4 Å². The summed E-state index contributed by atoms with van der Waals surface area (Å²) in [4.78, 5) is 12.4. The van der Waals surface area contributed by atoms with Crippen LogP contribution in [0.1, 0.15) is 19.8 Å². The summed E-state index contributed by atoms with van der Waals surface area (Å²) in [6, 6.07) is 5.56. The van der Waals surface area contributed by atoms with Crippen LogP contribution in [0.25, 0.3) is 0 Å². The second-order valence-electron chi connectivity index (χ2n) is 5.14. The third kappa shape index (κ3) is 3.28. The molecule has 0 saturated carbocycles. The molecule has 0 aliphatic carbocycles. The van der Waals surface area contributed by atoms with Gasteiger partial charge in [0.15, 0.2) is 0 Å². The molecule has 1 fully saturated rings. The minimum atomic E-state index is -0.335. The first-order valence-electron chi connectivity index (χ1n) is 6.41. The largest absolute Gasteiger partial charge is 0.495 e. The van der Waals surface area contributed by atoms with Crippen LogP contribution in [0.15, 0.2) is 22.7 Å². The third-order valence-corrected chi connectivity index (χ3v) is 4.21. The van der Waals surface area contributed by atoms with Crippen molar-refractivity contribution < 1.29 is 9.53 Å². The molecule has 1 unspecified atom stereocenters. The molecule has 1 aromatic carbocycles. The van der Waals surface area contributed by atoms with Gasteiger partial charge in [-0.2, -0.15) is 0 Å². The fourth-order valence-corrected chi connectivity index (χ4v) is 2.68. The molecule has 4 nitrogen and oxygen atoms in total. The van der Waals surface area contributed by atoms with Crippen molar-refractivity contribution in [1.29, 1.82) is 0 Å². The molecule has 5 heteroatoms. The summed E-state index contributed by atoms with van der Waals surface area (Å²) in [5.74, 6) is 0.772. The zero-order valence-corrected chi connectivity index (χ0v) is 12.8. The van der Waals surface area contributed by atoms with Gasteiger partial charge in [-0.25, -0.2) is 0 Å². The average Bonchev–Trinajstić information content (AvgIpc) is 2.41. The predicted molar refractivity (Wildman–Crippen MR) is 79.5 cm³/mol. The molecule has 1 aliphatic rings. The highest BCUT2D eigenvalue weighted by atomic mass is 79.9. The minimum Gasteiger partial charge on any atom is -0.495 e. The number of carbonyl (C=O) groups is 1. The van der Waals surface area contributed by atoms with Crippen LogP contribution in [0.5, 0.6) is 5.75 Å². The fraction of sp³-hybridized carbons (Fsp3) is 0.500. The molecule has 19 heavy (non-hydrogen) atoms. The highest BCUT2D eigenvalue weighted by molar-refractivity contribution is 9.10. The van der Waals surface area contributed by atoms with Crippen LogP contribution in [0.4, 0.5) is 5.69 Å². The van der Waals surface area contributed by atoms with Crippen molar-refractivity contribution in [3.05, 3.63) is 22.7 Å². The summed E-state index contributed by atoms with van der Waals surface area (Å²) in [6.07, 6.45) is 1.95. The van der Waals surface area contributed by atoms with Gasteiger partial charge in [0.05, 0.1) is 17.0 Å². The topological polar surface area (TPSA) is 50.4 Å². The van der Waals surface area contributed by atoms with Crippen LogP contribution in [0.3, 0.4) is 0 Å². The Morgan fingerprint density at radius 3 is 2.95 bits per heavy atom. The van der Waals surface area contributed by atoms with E-state index in [2.05, 4.69) is 26.6 Å². The van der Waals surface area contributed by atoms with E-state index in [1.54, 1.807) is 7.11 Å². The summed E-state index contributed by atoms with van der Waals surface area (Å²) in [6.45, 7) is 3.73. The number of benzene rings is 1. The van der Waals surface area contributed by atoms with Gasteiger partial charge in [0, 0.05) is 18.3 Å². The van der Waals surface area contributed by atoms with Crippen LogP contribution in [0.2, 0.25) is 0 Å². The smallest absolute Gasteiger partial charge is 0.231 e. The molecule has 0 radical (unpaired) electrons. The van der Waals surface area contributed by atoms with Crippen molar-refractivity contribution in [2.24, 2.45) is 5.41 Å². The SMILES string of the molecule is COc1cc(NC(=O)C2(C)CCCNC2)ccc1Br. The van der Waals surface area contributed by atoms with Crippen LogP contribution in [0, 0.1) is 5.41 Å². The molecular weight excluding hydrogens is 308 g/mol. The van der Waals surface area contributed by atoms with Gasteiger partial charge >= 0.3 is 0 Å². The summed E-state index contributed by atoms with van der Waals surface area (Å²) < 4.78 is 6.10. The van der Waals surface area contributed by atoms with Gasteiger partial charge in [-0.05, 0) is 54.4 Å². The number of methoxy groups -OCH3 is 1. The Hall–Kier alpha value is -1.07. The van der Waals surface area contributed by atoms with Gasteiger partial charge in [-0.1, -0.05) is 0 Å². The normalized spacial score (nSPS) is 22.9. The molecule has 2 N–H and O–H groups in total. The van der Waals surface area contributed by atoms with E-state index >= 15 is 0 Å². The lowest BCUT2D eigenvalue weighted by Gasteiger charge is -2.32. The second kappa shape index (κ2) is 5.92. The lowest BCUT2D eigenvalue weighted by Crippen LogP contribution is -2.46. The zero-order valence-electron chi connectivity index (χ0n) is 11.3. The van der Waals surface area contributed by atoms with E-state index < -0.39 is 0 Å². The molecule has 1 saturated heterocycles. The molecule has 104 valence electrons. The number of hydrogen-bond acceptors (Lipinski definition) is 3. The standard InChI is InChI=1S/C14H19BrN2O2/c1-14(6-3-7-16-9-14)13(18)17-10-4-5-11(15)12(8-10)19-2/h4-5,8,16H,3,6-7,9H2,1-2H3,(H,17,18). The van der Waals surface area contributed by atoms with E-state index in [4.69, 9.17) is 4.74 Å². The Morgan fingerprint density at radius 2 is 2.32 bits per heavy atom. The number of anilines is 1. The van der Waals surface area contributed by atoms with E-state index in [0.717, 1.165) is 36.1 Å². The van der Waals surface area contributed by atoms with Gasteiger partial charge in [-0.15, -0.1) is 0 Å². The Bertz CT molecular complexity index is 471. The van der Waals surface area contributed by atoms with Crippen molar-refractivity contribution in [3.63, 3.8) is 0 Å². The number of rotatable bonds is 3. The monoisotopic (exact) mass is 326 g/mol. The fourth-order valence-electron chi connectivity index (χ4n) is 2.27. The van der Waals surface area contributed by atoms with Crippen molar-refractivity contribution >= 4 is 27.5 Å². The first-order chi connectivity index (χ1) is 9.05. The number of nitrogens with one attached hydrogen (secondary N) is 2. The minimum absolute atomic E-state index is 0.0593. The van der Waals surface area contributed by atoms with Crippen molar-refractivity contribution in [2.45, 2.75) is 19.8 Å². The van der Waals surface area contributed by atoms with Crippen molar-refractivity contribution in [3.8, 4) is 5.75 Å². The van der Waals surface area contributed by atoms with Crippen LogP contribution in [-0.2, 0) is 4.79 Å². The number of carbonyl (C=O) groups excluding carboxylic acids is 1. The van der Waals surface area contributed by atoms with Crippen LogP contribution in [-0.4, -0.2) is 26.1 Å². The number of ether oxygens (including phenoxy) is 1. The highest BCUT2D eigenvalue weighted by Gasteiger charge is 2.34. The van der Waals surface area contributed by atoms with Crippen molar-refractivity contribution in [1.82, 2.24) is 5.32 Å². The molecule has 1 aromatic rings. The lowest BCUT2D eigenvalue weighted by atomic mass is 9.82. The molecule has 0 spiro atoms. The lowest BCUT2D eigenvalue weighted by molar-refractivity contribution is -0.125. The summed E-state index contributed by atoms with van der Waals surface area (Å²) in [5, 5.41) is 6.25. The predicted octanol–water partition coefficient (Wildman–Crippen LogP) is 2.79. The first-order valence-corrected chi connectivity index (χ1v) is 7.20. The quantitative estimate of drug-likeness (QED) is 0.898. The third-order valence-electron chi connectivity index (χ3n) is 3.55. The average molecular weight is 327 g/mol. The van der Waals surface area contributed by atoms with E-state index in [0.29, 0.717) is 5.75 Å². The molecule has 1 heterocycles. The van der Waals surface area contributed by atoms with Gasteiger partial charge in [0.25, 0.3) is 0 Å². The summed E-state index contributed by atoms with van der Waals surface area (Å²) in [5.41, 5.74) is 0.426. The van der Waals surface area contributed by atoms with Gasteiger partial charge in [-0.3, -0.25) is 4.79 Å². The van der Waals surface area contributed by atoms with E-state index in [1.165, 1.54) is 0 Å². The maximum Gasteiger partial charge on any atom is 0.231 e. The maximum atomic E-state index is 12.4. The maximum absolute atomic E-state index is 12.4. The second-order valence-corrected chi connectivity index (χ2v) is 6.00. The summed E-state index contributed by atoms with van der Waals surface area (Å²) in [7, 11) is 1.61. The van der Waals surface area contributed by atoms with E-state index in [9.17, 15) is 4.79 Å². The highest BCUT2D eigenvalue weighted by Crippen LogP contribution is 2.30. The zero-order chi connectivity index (χ0) is 13.9. The van der Waals surface area contributed by atoms with E-state index in [1.807, 2.05) is 25.1 Å². The number of amides is 1. The van der Waals surface area contributed by atoms with E-state index in [-0.39, 0.29) is 11.3 Å². The number of halogens is 1. The first kappa shape index (κ1) is 14.3. The Morgan fingerprint density at radius 1 is 1.53 bits per heavy atom. The molecule has 0 aromatic heterocycles. The van der Waals surface area contributed by atoms with Gasteiger partial charge < -0.3 is 15.4 Å². The Kier molecular flexibility index (Phi) is 4.47. The molecule has 0 bridgehead atoms. The molecule has 1 aliphatic heterocycles. The molecular formula is C14H19BrN2O2. The number of hydrogen-bond donors (Lipinski definition) is 2. The van der Waals surface area contributed by atoms with Gasteiger partial charge in [0.2, 0.25) is 5.91 Å². The van der Waals surface area contributed by atoms with Gasteiger partial charge in [0.1, 0.15) is 5.75 Å².